The van der Waals surface area contributed by atoms with E-state index in [9.17, 15) is 9.59 Å². The normalized spacial score (nSPS) is 10.9. The van der Waals surface area contributed by atoms with Gasteiger partial charge in [-0.25, -0.2) is 4.98 Å². The van der Waals surface area contributed by atoms with Gasteiger partial charge < -0.3 is 0 Å². The third-order valence-electron chi connectivity index (χ3n) is 3.89. The van der Waals surface area contributed by atoms with E-state index in [4.69, 9.17) is 0 Å². The number of ketones is 1. The van der Waals surface area contributed by atoms with Crippen molar-refractivity contribution in [1.29, 1.82) is 0 Å². The van der Waals surface area contributed by atoms with Crippen LogP contribution in [0.4, 0.5) is 0 Å². The molecular formula is C20H14N2O2S2. The van der Waals surface area contributed by atoms with Crippen LogP contribution in [0.3, 0.4) is 0 Å². The van der Waals surface area contributed by atoms with Crippen LogP contribution in [0.1, 0.15) is 10.4 Å². The number of hydrogen-bond donors (Lipinski definition) is 0. The highest BCUT2D eigenvalue weighted by atomic mass is 32.2. The third kappa shape index (κ3) is 3.21. The van der Waals surface area contributed by atoms with Crippen molar-refractivity contribution in [2.45, 2.75) is 5.16 Å². The fraction of sp³-hybridized carbons (Fsp3) is 0.0500. The lowest BCUT2D eigenvalue weighted by atomic mass is 10.2. The van der Waals surface area contributed by atoms with E-state index in [1.54, 1.807) is 16.7 Å². The molecule has 0 aliphatic rings. The molecule has 0 unspecified atom stereocenters. The number of rotatable bonds is 5. The minimum absolute atomic E-state index is 0.00914. The predicted molar refractivity (Wildman–Crippen MR) is 107 cm³/mol. The first-order valence-electron chi connectivity index (χ1n) is 8.01. The summed E-state index contributed by atoms with van der Waals surface area (Å²) in [6, 6.07) is 20.4. The first-order valence-corrected chi connectivity index (χ1v) is 9.87. The minimum Gasteiger partial charge on any atom is -0.293 e. The summed E-state index contributed by atoms with van der Waals surface area (Å²) in [6.45, 7) is 0. The van der Waals surface area contributed by atoms with Crippen LogP contribution in [0.5, 0.6) is 0 Å². The molecule has 0 saturated heterocycles. The fourth-order valence-electron chi connectivity index (χ4n) is 2.63. The summed E-state index contributed by atoms with van der Waals surface area (Å²) in [6.07, 6.45) is 0. The van der Waals surface area contributed by atoms with Crippen molar-refractivity contribution in [3.63, 3.8) is 0 Å². The van der Waals surface area contributed by atoms with Gasteiger partial charge in [0.2, 0.25) is 0 Å². The third-order valence-corrected chi connectivity index (χ3v) is 5.72. The van der Waals surface area contributed by atoms with E-state index in [1.807, 2.05) is 60.0 Å². The van der Waals surface area contributed by atoms with Gasteiger partial charge in [-0.3, -0.25) is 14.2 Å². The molecule has 2 aromatic heterocycles. The quantitative estimate of drug-likeness (QED) is 0.293. The summed E-state index contributed by atoms with van der Waals surface area (Å²) in [5.74, 6) is 0.230. The van der Waals surface area contributed by atoms with E-state index in [2.05, 4.69) is 4.98 Å². The number of carbonyl (C=O) groups excluding carboxylic acids is 1. The van der Waals surface area contributed by atoms with Crippen molar-refractivity contribution >= 4 is 39.1 Å². The van der Waals surface area contributed by atoms with Gasteiger partial charge in [-0.1, -0.05) is 60.3 Å². The van der Waals surface area contributed by atoms with Crippen LogP contribution in [-0.4, -0.2) is 21.1 Å². The van der Waals surface area contributed by atoms with Crippen LogP contribution in [-0.2, 0) is 0 Å². The minimum atomic E-state index is -0.106. The molecule has 0 fully saturated rings. The molecule has 0 aliphatic heterocycles. The number of para-hydroxylation sites is 1. The number of fused-ring (bicyclic) bond motifs is 1. The van der Waals surface area contributed by atoms with Crippen molar-refractivity contribution in [3.8, 4) is 5.69 Å². The van der Waals surface area contributed by atoms with E-state index in [-0.39, 0.29) is 17.1 Å². The highest BCUT2D eigenvalue weighted by molar-refractivity contribution is 7.99. The zero-order valence-corrected chi connectivity index (χ0v) is 15.3. The number of carbonyl (C=O) groups is 1. The van der Waals surface area contributed by atoms with E-state index in [1.165, 1.54) is 23.1 Å². The van der Waals surface area contributed by atoms with Gasteiger partial charge in [0.1, 0.15) is 4.70 Å². The lowest BCUT2D eigenvalue weighted by Gasteiger charge is -2.11. The van der Waals surface area contributed by atoms with Crippen LogP contribution >= 0.6 is 23.1 Å². The largest absolute Gasteiger partial charge is 0.293 e. The zero-order valence-electron chi connectivity index (χ0n) is 13.7. The summed E-state index contributed by atoms with van der Waals surface area (Å²) in [7, 11) is 0. The molecule has 6 heteroatoms. The molecule has 0 aliphatic carbocycles. The molecule has 0 radical (unpaired) electrons. The molecule has 128 valence electrons. The van der Waals surface area contributed by atoms with E-state index in [0.29, 0.717) is 20.9 Å². The molecule has 0 saturated carbocycles. The number of Topliss-reactive ketones (excluding diaryl/α,β-unsaturated/α-hetero) is 1. The highest BCUT2D eigenvalue weighted by Gasteiger charge is 2.16. The average molecular weight is 378 g/mol. The van der Waals surface area contributed by atoms with Crippen LogP contribution in [0.2, 0.25) is 0 Å². The smallest absolute Gasteiger partial charge is 0.276 e. The van der Waals surface area contributed by atoms with Crippen LogP contribution in [0.25, 0.3) is 15.9 Å². The van der Waals surface area contributed by atoms with Gasteiger partial charge in [-0.05, 0) is 23.6 Å². The van der Waals surface area contributed by atoms with Gasteiger partial charge in [0, 0.05) is 5.56 Å². The summed E-state index contributed by atoms with van der Waals surface area (Å²) in [5.41, 5.74) is 1.97. The van der Waals surface area contributed by atoms with Crippen LogP contribution in [0.15, 0.2) is 82.1 Å². The zero-order chi connectivity index (χ0) is 17.9. The number of thiophene rings is 1. The maximum Gasteiger partial charge on any atom is 0.276 e. The molecule has 0 N–H and O–H groups in total. The molecule has 4 aromatic rings. The molecule has 0 amide bonds. The molecule has 4 rings (SSSR count). The molecule has 26 heavy (non-hydrogen) atoms. The van der Waals surface area contributed by atoms with Gasteiger partial charge >= 0.3 is 0 Å². The molecule has 4 nitrogen and oxygen atoms in total. The van der Waals surface area contributed by atoms with Crippen molar-refractivity contribution < 1.29 is 4.79 Å². The Kier molecular flexibility index (Phi) is 4.69. The molecule has 0 bridgehead atoms. The fourth-order valence-corrected chi connectivity index (χ4v) is 4.30. The monoisotopic (exact) mass is 378 g/mol. The number of thioether (sulfide) groups is 1. The second-order valence-corrected chi connectivity index (χ2v) is 7.44. The Morgan fingerprint density at radius 3 is 2.42 bits per heavy atom. The lowest BCUT2D eigenvalue weighted by molar-refractivity contribution is 0.102. The Morgan fingerprint density at radius 2 is 1.69 bits per heavy atom. The topological polar surface area (TPSA) is 52.0 Å². The first-order chi connectivity index (χ1) is 12.7. The summed E-state index contributed by atoms with van der Waals surface area (Å²) in [5, 5.41) is 2.38. The Labute approximate surface area is 158 Å². The number of aromatic nitrogens is 2. The Hall–Kier alpha value is -2.70. The lowest BCUT2D eigenvalue weighted by Crippen LogP contribution is -2.21. The van der Waals surface area contributed by atoms with Crippen molar-refractivity contribution in [2.24, 2.45) is 0 Å². The Bertz CT molecular complexity index is 1120. The SMILES string of the molecule is O=C(CSc1nc2ccsc2c(=O)n1-c1ccccc1)c1ccccc1. The summed E-state index contributed by atoms with van der Waals surface area (Å²) in [4.78, 5) is 30.0. The number of benzene rings is 2. The maximum atomic E-state index is 13.0. The van der Waals surface area contributed by atoms with Crippen LogP contribution in [0, 0.1) is 0 Å². The molecular weight excluding hydrogens is 364 g/mol. The average Bonchev–Trinajstić information content (AvgIpc) is 3.16. The van der Waals surface area contributed by atoms with E-state index in [0.717, 1.165) is 5.69 Å². The predicted octanol–water partition coefficient (Wildman–Crippen LogP) is 4.42. The van der Waals surface area contributed by atoms with Crippen LogP contribution < -0.4 is 5.56 Å². The summed E-state index contributed by atoms with van der Waals surface area (Å²) < 4.78 is 2.20. The highest BCUT2D eigenvalue weighted by Crippen LogP contribution is 2.24. The van der Waals surface area contributed by atoms with Crippen molar-refractivity contribution in [1.82, 2.24) is 9.55 Å². The van der Waals surface area contributed by atoms with Crippen molar-refractivity contribution in [2.75, 3.05) is 5.75 Å². The van der Waals surface area contributed by atoms with Crippen molar-refractivity contribution in [3.05, 3.63) is 88.0 Å². The molecule has 0 spiro atoms. The maximum absolute atomic E-state index is 13.0. The Morgan fingerprint density at radius 1 is 1.00 bits per heavy atom. The molecule has 0 atom stereocenters. The second-order valence-electron chi connectivity index (χ2n) is 5.58. The van der Waals surface area contributed by atoms with Gasteiger partial charge in [-0.15, -0.1) is 11.3 Å². The van der Waals surface area contributed by atoms with E-state index < -0.39 is 0 Å². The van der Waals surface area contributed by atoms with Gasteiger partial charge in [0.15, 0.2) is 10.9 Å². The van der Waals surface area contributed by atoms with Gasteiger partial charge in [-0.2, -0.15) is 0 Å². The Balaban J connectivity index is 1.74. The molecule has 2 aromatic carbocycles. The molecule has 2 heterocycles. The number of hydrogen-bond acceptors (Lipinski definition) is 5. The summed E-state index contributed by atoms with van der Waals surface area (Å²) >= 11 is 2.66. The first kappa shape index (κ1) is 16.8. The van der Waals surface area contributed by atoms with Gasteiger partial charge in [0.05, 0.1) is 17.0 Å². The standard InChI is InChI=1S/C20H14N2O2S2/c23-17(14-7-3-1-4-8-14)13-26-20-21-16-11-12-25-18(16)19(24)22(20)15-9-5-2-6-10-15/h1-12H,13H2. The second kappa shape index (κ2) is 7.27. The number of nitrogens with zero attached hydrogens (tertiary/aromatic N) is 2. The van der Waals surface area contributed by atoms with Gasteiger partial charge in [0.25, 0.3) is 5.56 Å². The van der Waals surface area contributed by atoms with E-state index >= 15 is 0 Å².